The second-order valence-corrected chi connectivity index (χ2v) is 9.88. The van der Waals surface area contributed by atoms with Gasteiger partial charge in [-0.1, -0.05) is 35.9 Å². The molecule has 2 aromatic heterocycles. The van der Waals surface area contributed by atoms with E-state index < -0.39 is 0 Å². The Hall–Kier alpha value is -2.87. The van der Waals surface area contributed by atoms with Crippen molar-refractivity contribution >= 4 is 23.5 Å². The van der Waals surface area contributed by atoms with Crippen LogP contribution in [-0.4, -0.2) is 48.2 Å². The van der Waals surface area contributed by atoms with Gasteiger partial charge in [0.05, 0.1) is 12.3 Å². The van der Waals surface area contributed by atoms with E-state index in [0.717, 1.165) is 59.4 Å². The Morgan fingerprint density at radius 3 is 2.56 bits per heavy atom. The van der Waals surface area contributed by atoms with Gasteiger partial charge in [-0.05, 0) is 58.7 Å². The Labute approximate surface area is 205 Å². The largest absolute Gasteiger partial charge is 0.335 e. The molecule has 0 N–H and O–H groups in total. The molecule has 0 bridgehead atoms. The van der Waals surface area contributed by atoms with Crippen LogP contribution >= 0.6 is 11.8 Å². The van der Waals surface area contributed by atoms with Gasteiger partial charge in [-0.15, -0.1) is 10.2 Å². The minimum atomic E-state index is 0.0753. The Balaban J connectivity index is 1.47. The molecule has 0 aliphatic carbocycles. The first kappa shape index (κ1) is 24.3. The Kier molecular flexibility index (Phi) is 7.56. The van der Waals surface area contributed by atoms with Gasteiger partial charge in [-0.25, -0.2) is 0 Å². The highest BCUT2D eigenvalue weighted by Gasteiger charge is 2.22. The lowest BCUT2D eigenvalue weighted by atomic mass is 10.2. The second kappa shape index (κ2) is 10.6. The number of hydrogen-bond donors (Lipinski definition) is 0. The topological polar surface area (TPSA) is 73.0 Å². The van der Waals surface area contributed by atoms with Crippen molar-refractivity contribution in [3.05, 3.63) is 58.7 Å². The predicted octanol–water partition coefficient (Wildman–Crippen LogP) is 4.89. The molecule has 0 saturated carbocycles. The van der Waals surface area contributed by atoms with E-state index in [1.807, 2.05) is 36.3 Å². The van der Waals surface area contributed by atoms with Crippen LogP contribution in [0.15, 0.2) is 35.5 Å². The fourth-order valence-corrected chi connectivity index (χ4v) is 5.49. The number of hydrogen-bond acceptors (Lipinski definition) is 5. The second-order valence-electron chi connectivity index (χ2n) is 8.94. The van der Waals surface area contributed by atoms with Crippen LogP contribution in [-0.2, 0) is 17.9 Å². The number of benzene rings is 1. The van der Waals surface area contributed by atoms with E-state index in [9.17, 15) is 9.59 Å². The zero-order valence-corrected chi connectivity index (χ0v) is 21.3. The van der Waals surface area contributed by atoms with Crippen LogP contribution < -0.4 is 0 Å². The van der Waals surface area contributed by atoms with Crippen LogP contribution in [0.2, 0.25) is 0 Å². The van der Waals surface area contributed by atoms with Gasteiger partial charge < -0.3 is 14.0 Å². The number of aryl methyl sites for hydroxylation is 2. The maximum atomic E-state index is 13.1. The molecular formula is C26H33N5O2S. The van der Waals surface area contributed by atoms with Gasteiger partial charge in [0.25, 0.3) is 0 Å². The predicted molar refractivity (Wildman–Crippen MR) is 135 cm³/mol. The molecule has 3 aromatic rings. The zero-order valence-electron chi connectivity index (χ0n) is 20.5. The Morgan fingerprint density at radius 2 is 1.82 bits per heavy atom. The summed E-state index contributed by atoms with van der Waals surface area (Å²) in [5.74, 6) is 1.34. The van der Waals surface area contributed by atoms with Gasteiger partial charge in [0, 0.05) is 42.1 Å². The number of Topliss-reactive ketones (excluding diaryl/α,β-unsaturated/α-hetero) is 1. The average molecular weight is 480 g/mol. The summed E-state index contributed by atoms with van der Waals surface area (Å²) in [7, 11) is 0. The normalized spacial score (nSPS) is 14.5. The minimum Gasteiger partial charge on any atom is -0.335 e. The number of thioether (sulfide) groups is 1. The van der Waals surface area contributed by atoms with Crippen molar-refractivity contribution in [2.45, 2.75) is 71.6 Å². The quantitative estimate of drug-likeness (QED) is 0.340. The monoisotopic (exact) mass is 479 g/mol. The third-order valence-corrected chi connectivity index (χ3v) is 7.44. The SMILES string of the molecule is CCn1c(CN2CCCCCC2=O)nnc1SCC(=O)c1cc(C)n(-c2ccc(C)cc2)c1C. The fourth-order valence-electron chi connectivity index (χ4n) is 4.58. The van der Waals surface area contributed by atoms with Gasteiger partial charge in [-0.3, -0.25) is 9.59 Å². The van der Waals surface area contributed by atoms with Crippen LogP contribution in [0.25, 0.3) is 5.69 Å². The Morgan fingerprint density at radius 1 is 1.06 bits per heavy atom. The number of carbonyl (C=O) groups is 2. The molecule has 1 aromatic carbocycles. The van der Waals surface area contributed by atoms with Crippen molar-refractivity contribution in [2.24, 2.45) is 0 Å². The maximum Gasteiger partial charge on any atom is 0.222 e. The van der Waals surface area contributed by atoms with Crippen molar-refractivity contribution in [1.29, 1.82) is 0 Å². The van der Waals surface area contributed by atoms with E-state index >= 15 is 0 Å². The molecule has 34 heavy (non-hydrogen) atoms. The summed E-state index contributed by atoms with van der Waals surface area (Å²) < 4.78 is 4.15. The van der Waals surface area contributed by atoms with Gasteiger partial charge in [-0.2, -0.15) is 0 Å². The van der Waals surface area contributed by atoms with Crippen LogP contribution in [0.3, 0.4) is 0 Å². The van der Waals surface area contributed by atoms with Crippen molar-refractivity contribution in [3.8, 4) is 5.69 Å². The smallest absolute Gasteiger partial charge is 0.222 e. The minimum absolute atomic E-state index is 0.0753. The van der Waals surface area contributed by atoms with E-state index in [2.05, 4.69) is 46.0 Å². The van der Waals surface area contributed by atoms with Crippen molar-refractivity contribution < 1.29 is 9.59 Å². The summed E-state index contributed by atoms with van der Waals surface area (Å²) in [5.41, 5.74) is 4.99. The number of ketones is 1. The third kappa shape index (κ3) is 5.12. The molecular weight excluding hydrogens is 446 g/mol. The van der Waals surface area contributed by atoms with Crippen LogP contribution in [0.5, 0.6) is 0 Å². The maximum absolute atomic E-state index is 13.1. The average Bonchev–Trinajstić information content (AvgIpc) is 3.27. The van der Waals surface area contributed by atoms with Gasteiger partial charge in [0.2, 0.25) is 5.91 Å². The first-order valence-corrected chi connectivity index (χ1v) is 13.0. The molecule has 0 spiro atoms. The number of nitrogens with zero attached hydrogens (tertiary/aromatic N) is 5. The lowest BCUT2D eigenvalue weighted by Crippen LogP contribution is -2.31. The molecule has 3 heterocycles. The Bertz CT molecular complexity index is 1180. The van der Waals surface area contributed by atoms with E-state index in [4.69, 9.17) is 0 Å². The van der Waals surface area contributed by atoms with Gasteiger partial charge >= 0.3 is 0 Å². The highest BCUT2D eigenvalue weighted by molar-refractivity contribution is 7.99. The lowest BCUT2D eigenvalue weighted by molar-refractivity contribution is -0.131. The zero-order chi connectivity index (χ0) is 24.2. The summed E-state index contributed by atoms with van der Waals surface area (Å²) in [4.78, 5) is 27.4. The van der Waals surface area contributed by atoms with E-state index in [-0.39, 0.29) is 11.7 Å². The van der Waals surface area contributed by atoms with Crippen LogP contribution in [0.1, 0.15) is 65.7 Å². The van der Waals surface area contributed by atoms with Gasteiger partial charge in [0.1, 0.15) is 0 Å². The molecule has 7 nitrogen and oxygen atoms in total. The molecule has 1 aliphatic heterocycles. The molecule has 1 aliphatic rings. The number of rotatable bonds is 8. The summed E-state index contributed by atoms with van der Waals surface area (Å²) >= 11 is 1.41. The summed E-state index contributed by atoms with van der Waals surface area (Å²) in [6, 6.07) is 10.3. The molecule has 1 fully saturated rings. The molecule has 1 saturated heterocycles. The molecule has 180 valence electrons. The van der Waals surface area contributed by atoms with E-state index in [1.54, 1.807) is 0 Å². The van der Waals surface area contributed by atoms with Crippen LogP contribution in [0.4, 0.5) is 0 Å². The highest BCUT2D eigenvalue weighted by Crippen LogP contribution is 2.25. The van der Waals surface area contributed by atoms with Crippen molar-refractivity contribution in [2.75, 3.05) is 12.3 Å². The highest BCUT2D eigenvalue weighted by atomic mass is 32.2. The van der Waals surface area contributed by atoms with E-state index in [0.29, 0.717) is 25.3 Å². The standard InChI is InChI=1S/C26H33N5O2S/c1-5-30-24(16-29-14-8-6-7-9-25(29)33)27-28-26(30)34-17-23(32)22-15-19(3)31(20(22)4)21-12-10-18(2)11-13-21/h10-13,15H,5-9,14,16-17H2,1-4H3. The molecule has 0 unspecified atom stereocenters. The number of likely N-dealkylation sites (tertiary alicyclic amines) is 1. The molecule has 4 rings (SSSR count). The number of carbonyl (C=O) groups excluding carboxylic acids is 2. The number of aromatic nitrogens is 4. The first-order chi connectivity index (χ1) is 16.4. The summed E-state index contributed by atoms with van der Waals surface area (Å²) in [6.45, 7) is 10.1. The van der Waals surface area contributed by atoms with Crippen molar-refractivity contribution in [1.82, 2.24) is 24.2 Å². The molecule has 8 heteroatoms. The van der Waals surface area contributed by atoms with Crippen LogP contribution in [0, 0.1) is 20.8 Å². The summed E-state index contributed by atoms with van der Waals surface area (Å²) in [5, 5.41) is 9.43. The molecule has 1 amide bonds. The summed E-state index contributed by atoms with van der Waals surface area (Å²) in [6.07, 6.45) is 3.69. The van der Waals surface area contributed by atoms with Crippen molar-refractivity contribution in [3.63, 3.8) is 0 Å². The molecule has 0 atom stereocenters. The van der Waals surface area contributed by atoms with E-state index in [1.165, 1.54) is 17.3 Å². The third-order valence-electron chi connectivity index (χ3n) is 6.47. The number of amides is 1. The fraction of sp³-hybridized carbons (Fsp3) is 0.462. The van der Waals surface area contributed by atoms with Gasteiger partial charge in [0.15, 0.2) is 16.8 Å². The first-order valence-electron chi connectivity index (χ1n) is 12.0. The molecule has 0 radical (unpaired) electrons. The lowest BCUT2D eigenvalue weighted by Gasteiger charge is -2.20.